The van der Waals surface area contributed by atoms with Crippen LogP contribution in [0.2, 0.25) is 0 Å². The number of hydrogen-bond donors (Lipinski definition) is 2. The topological polar surface area (TPSA) is 66.7 Å². The molecule has 1 fully saturated rings. The molecule has 2 aromatic heterocycles. The average Bonchev–Trinajstić information content (AvgIpc) is 3.10. The van der Waals surface area contributed by atoms with E-state index in [0.29, 0.717) is 5.82 Å². The summed E-state index contributed by atoms with van der Waals surface area (Å²) in [7, 11) is 2.04. The number of rotatable bonds is 4. The highest BCUT2D eigenvalue weighted by molar-refractivity contribution is 5.47. The fourth-order valence-corrected chi connectivity index (χ4v) is 2.94. The maximum absolute atomic E-state index is 5.40. The lowest BCUT2D eigenvalue weighted by molar-refractivity contribution is 0.221. The van der Waals surface area contributed by atoms with Crippen LogP contribution in [-0.2, 0) is 6.42 Å². The van der Waals surface area contributed by atoms with Gasteiger partial charge in [-0.1, -0.05) is 24.4 Å². The first kappa shape index (κ1) is 12.4. The number of aromatic nitrogens is 3. The third-order valence-electron chi connectivity index (χ3n) is 4.14. The van der Waals surface area contributed by atoms with Crippen molar-refractivity contribution in [3.63, 3.8) is 0 Å². The molecule has 0 aliphatic heterocycles. The van der Waals surface area contributed by atoms with E-state index in [1.165, 1.54) is 32.1 Å². The molecule has 3 rings (SSSR count). The van der Waals surface area contributed by atoms with Gasteiger partial charge in [-0.2, -0.15) is 4.98 Å². The minimum atomic E-state index is 0.137. The highest BCUT2D eigenvalue weighted by Crippen LogP contribution is 2.31. The summed E-state index contributed by atoms with van der Waals surface area (Å²) in [6.07, 6.45) is 8.93. The second kappa shape index (κ2) is 5.17. The van der Waals surface area contributed by atoms with Crippen molar-refractivity contribution in [2.45, 2.75) is 44.1 Å². The van der Waals surface area contributed by atoms with Gasteiger partial charge in [-0.05, 0) is 32.0 Å². The van der Waals surface area contributed by atoms with Gasteiger partial charge >= 0.3 is 0 Å². The number of aromatic amines is 1. The Morgan fingerprint density at radius 2 is 2.21 bits per heavy atom. The molecule has 2 N–H and O–H groups in total. The summed E-state index contributed by atoms with van der Waals surface area (Å²) in [6.45, 7) is 0. The summed E-state index contributed by atoms with van der Waals surface area (Å²) in [6, 6.07) is 3.88. The van der Waals surface area contributed by atoms with Crippen molar-refractivity contribution in [1.29, 1.82) is 0 Å². The predicted octanol–water partition coefficient (Wildman–Crippen LogP) is 2.53. The SMILES string of the molecule is CNC1(Cc2nc(-c3ccc[nH]3)no2)CCCCC1. The highest BCUT2D eigenvalue weighted by atomic mass is 16.5. The summed E-state index contributed by atoms with van der Waals surface area (Å²) in [5, 5.41) is 7.52. The Bertz CT molecular complexity index is 511. The van der Waals surface area contributed by atoms with Crippen molar-refractivity contribution in [3.05, 3.63) is 24.2 Å². The van der Waals surface area contributed by atoms with Crippen LogP contribution in [0.25, 0.3) is 11.5 Å². The van der Waals surface area contributed by atoms with Crippen LogP contribution in [0.4, 0.5) is 0 Å². The van der Waals surface area contributed by atoms with Crippen LogP contribution in [0.5, 0.6) is 0 Å². The highest BCUT2D eigenvalue weighted by Gasteiger charge is 2.32. The van der Waals surface area contributed by atoms with Gasteiger partial charge in [-0.15, -0.1) is 0 Å². The molecule has 1 aliphatic rings. The third-order valence-corrected chi connectivity index (χ3v) is 4.14. The zero-order valence-electron chi connectivity index (χ0n) is 11.3. The summed E-state index contributed by atoms with van der Waals surface area (Å²) >= 11 is 0. The summed E-state index contributed by atoms with van der Waals surface area (Å²) < 4.78 is 5.40. The van der Waals surface area contributed by atoms with E-state index in [9.17, 15) is 0 Å². The fourth-order valence-electron chi connectivity index (χ4n) is 2.94. The molecule has 5 nitrogen and oxygen atoms in total. The van der Waals surface area contributed by atoms with Gasteiger partial charge in [0.05, 0.1) is 5.69 Å². The Kier molecular flexibility index (Phi) is 3.38. The van der Waals surface area contributed by atoms with Crippen LogP contribution in [0.1, 0.15) is 38.0 Å². The number of nitrogens with one attached hydrogen (secondary N) is 2. The fraction of sp³-hybridized carbons (Fsp3) is 0.571. The van der Waals surface area contributed by atoms with Crippen LogP contribution in [0, 0.1) is 0 Å². The van der Waals surface area contributed by atoms with E-state index in [4.69, 9.17) is 4.52 Å². The van der Waals surface area contributed by atoms with Crippen molar-refractivity contribution in [3.8, 4) is 11.5 Å². The summed E-state index contributed by atoms with van der Waals surface area (Å²) in [4.78, 5) is 7.58. The van der Waals surface area contributed by atoms with E-state index in [1.807, 2.05) is 25.4 Å². The van der Waals surface area contributed by atoms with Crippen molar-refractivity contribution in [2.75, 3.05) is 7.05 Å². The van der Waals surface area contributed by atoms with Gasteiger partial charge in [0.15, 0.2) is 0 Å². The molecule has 2 heterocycles. The second-order valence-corrected chi connectivity index (χ2v) is 5.36. The lowest BCUT2D eigenvalue weighted by Gasteiger charge is -2.36. The minimum Gasteiger partial charge on any atom is -0.359 e. The molecule has 0 saturated heterocycles. The van der Waals surface area contributed by atoms with Gasteiger partial charge in [-0.3, -0.25) is 0 Å². The molecule has 0 bridgehead atoms. The Morgan fingerprint density at radius 3 is 2.89 bits per heavy atom. The van der Waals surface area contributed by atoms with Gasteiger partial charge < -0.3 is 14.8 Å². The summed E-state index contributed by atoms with van der Waals surface area (Å²) in [5.41, 5.74) is 1.04. The second-order valence-electron chi connectivity index (χ2n) is 5.36. The lowest BCUT2D eigenvalue weighted by atomic mass is 9.79. The Morgan fingerprint density at radius 1 is 1.37 bits per heavy atom. The zero-order chi connectivity index (χ0) is 13.1. The van der Waals surface area contributed by atoms with E-state index < -0.39 is 0 Å². The van der Waals surface area contributed by atoms with Gasteiger partial charge in [0, 0.05) is 18.2 Å². The first-order valence-electron chi connectivity index (χ1n) is 6.97. The van der Waals surface area contributed by atoms with Crippen LogP contribution < -0.4 is 5.32 Å². The number of nitrogens with zero attached hydrogens (tertiary/aromatic N) is 2. The number of H-pyrrole nitrogens is 1. The maximum atomic E-state index is 5.40. The van der Waals surface area contributed by atoms with E-state index in [-0.39, 0.29) is 5.54 Å². The molecule has 0 amide bonds. The van der Waals surface area contributed by atoms with Gasteiger partial charge in [0.25, 0.3) is 0 Å². The van der Waals surface area contributed by atoms with E-state index in [1.54, 1.807) is 0 Å². The molecule has 0 atom stereocenters. The van der Waals surface area contributed by atoms with Crippen LogP contribution in [0.15, 0.2) is 22.9 Å². The Labute approximate surface area is 112 Å². The van der Waals surface area contributed by atoms with E-state index in [0.717, 1.165) is 18.0 Å². The number of hydrogen-bond acceptors (Lipinski definition) is 4. The molecule has 102 valence electrons. The molecular formula is C14H20N4O. The van der Waals surface area contributed by atoms with E-state index in [2.05, 4.69) is 20.4 Å². The van der Waals surface area contributed by atoms with Crippen molar-refractivity contribution >= 4 is 0 Å². The van der Waals surface area contributed by atoms with Crippen molar-refractivity contribution < 1.29 is 4.52 Å². The molecule has 0 aromatic carbocycles. The summed E-state index contributed by atoms with van der Waals surface area (Å²) in [5.74, 6) is 1.36. The predicted molar refractivity (Wildman–Crippen MR) is 72.7 cm³/mol. The van der Waals surface area contributed by atoms with Gasteiger partial charge in [0.2, 0.25) is 11.7 Å². The van der Waals surface area contributed by atoms with Gasteiger partial charge in [0.1, 0.15) is 0 Å². The molecule has 1 saturated carbocycles. The molecule has 1 aliphatic carbocycles. The molecule has 5 heteroatoms. The normalized spacial score (nSPS) is 18.6. The van der Waals surface area contributed by atoms with Gasteiger partial charge in [-0.25, -0.2) is 0 Å². The molecule has 0 radical (unpaired) electrons. The van der Waals surface area contributed by atoms with Crippen molar-refractivity contribution in [2.24, 2.45) is 0 Å². The molecular weight excluding hydrogens is 240 g/mol. The van der Waals surface area contributed by atoms with E-state index >= 15 is 0 Å². The maximum Gasteiger partial charge on any atom is 0.228 e. The minimum absolute atomic E-state index is 0.137. The lowest BCUT2D eigenvalue weighted by Crippen LogP contribution is -2.46. The van der Waals surface area contributed by atoms with Crippen molar-refractivity contribution in [1.82, 2.24) is 20.4 Å². The zero-order valence-corrected chi connectivity index (χ0v) is 11.3. The first-order chi connectivity index (χ1) is 9.31. The van der Waals surface area contributed by atoms with Crippen LogP contribution in [-0.4, -0.2) is 27.7 Å². The number of likely N-dealkylation sites (N-methyl/N-ethyl adjacent to an activating group) is 1. The molecule has 2 aromatic rings. The van der Waals surface area contributed by atoms with Crippen LogP contribution >= 0.6 is 0 Å². The molecule has 19 heavy (non-hydrogen) atoms. The quantitative estimate of drug-likeness (QED) is 0.886. The third kappa shape index (κ3) is 2.56. The Hall–Kier alpha value is -1.62. The average molecular weight is 260 g/mol. The van der Waals surface area contributed by atoms with Crippen LogP contribution in [0.3, 0.4) is 0 Å². The molecule has 0 unspecified atom stereocenters. The smallest absolute Gasteiger partial charge is 0.228 e. The largest absolute Gasteiger partial charge is 0.359 e. The monoisotopic (exact) mass is 260 g/mol. The molecule has 0 spiro atoms. The standard InChI is InChI=1S/C14H20N4O/c1-15-14(7-3-2-4-8-14)10-12-17-13(18-19-12)11-6-5-9-16-11/h5-6,9,15-16H,2-4,7-8,10H2,1H3. The Balaban J connectivity index is 1.76. The first-order valence-corrected chi connectivity index (χ1v) is 6.97.